The molecule has 0 radical (unpaired) electrons. The molecule has 2 heterocycles. The Bertz CT molecular complexity index is 662. The number of rotatable bonds is 2. The van der Waals surface area contributed by atoms with E-state index in [4.69, 9.17) is 4.74 Å². The van der Waals surface area contributed by atoms with Crippen LogP contribution < -0.4 is 0 Å². The Morgan fingerprint density at radius 1 is 1.32 bits per heavy atom. The Hall–Kier alpha value is -2.12. The zero-order valence-electron chi connectivity index (χ0n) is 11.0. The molecule has 4 heteroatoms. The van der Waals surface area contributed by atoms with E-state index in [0.717, 1.165) is 22.8 Å². The minimum absolute atomic E-state index is 0.420. The van der Waals surface area contributed by atoms with Gasteiger partial charge in [0.1, 0.15) is 5.82 Å². The second-order valence-electron chi connectivity index (χ2n) is 5.06. The first-order valence-electron chi connectivity index (χ1n) is 6.28. The Morgan fingerprint density at radius 3 is 2.63 bits per heavy atom. The lowest BCUT2D eigenvalue weighted by Gasteiger charge is -2.32. The van der Waals surface area contributed by atoms with Crippen LogP contribution in [-0.4, -0.2) is 23.2 Å². The molecule has 1 aromatic carbocycles. The van der Waals surface area contributed by atoms with Crippen LogP contribution in [0.4, 0.5) is 0 Å². The van der Waals surface area contributed by atoms with E-state index in [0.29, 0.717) is 13.2 Å². The van der Waals surface area contributed by atoms with Crippen LogP contribution in [0.3, 0.4) is 0 Å². The Labute approximate surface area is 112 Å². The molecule has 2 aromatic rings. The normalized spacial score (nSPS) is 16.7. The first-order valence-corrected chi connectivity index (χ1v) is 6.28. The van der Waals surface area contributed by atoms with E-state index >= 15 is 0 Å². The van der Waals surface area contributed by atoms with Gasteiger partial charge in [0.25, 0.3) is 0 Å². The van der Waals surface area contributed by atoms with Gasteiger partial charge in [-0.15, -0.1) is 0 Å². The molecule has 0 saturated carbocycles. The summed E-state index contributed by atoms with van der Waals surface area (Å²) in [5, 5.41) is 9.33. The molecule has 1 fully saturated rings. The minimum atomic E-state index is -0.592. The molecule has 1 N–H and O–H groups in total. The molecule has 96 valence electrons. The third kappa shape index (κ3) is 1.74. The van der Waals surface area contributed by atoms with Crippen LogP contribution in [0.2, 0.25) is 0 Å². The van der Waals surface area contributed by atoms with E-state index in [1.54, 1.807) is 0 Å². The number of aromatic amines is 1. The van der Waals surface area contributed by atoms with Crippen LogP contribution in [-0.2, 0) is 10.2 Å². The van der Waals surface area contributed by atoms with E-state index in [-0.39, 0.29) is 0 Å². The van der Waals surface area contributed by atoms with Crippen molar-refractivity contribution in [2.75, 3.05) is 13.2 Å². The summed E-state index contributed by atoms with van der Waals surface area (Å²) in [6.45, 7) is 4.89. The summed E-state index contributed by atoms with van der Waals surface area (Å²) >= 11 is 0. The molecule has 1 aromatic heterocycles. The van der Waals surface area contributed by atoms with Gasteiger partial charge in [0.2, 0.25) is 0 Å². The minimum Gasteiger partial charge on any atom is -0.377 e. The van der Waals surface area contributed by atoms with Crippen molar-refractivity contribution >= 4 is 0 Å². The first kappa shape index (κ1) is 11.9. The van der Waals surface area contributed by atoms with Crippen molar-refractivity contribution in [1.82, 2.24) is 9.97 Å². The SMILES string of the molecule is Cc1ccccc1-c1nc(C2(C#N)COC2)[nH]c1C. The van der Waals surface area contributed by atoms with Gasteiger partial charge in [0, 0.05) is 11.3 Å². The average molecular weight is 253 g/mol. The van der Waals surface area contributed by atoms with E-state index < -0.39 is 5.41 Å². The highest BCUT2D eigenvalue weighted by Gasteiger charge is 2.44. The number of benzene rings is 1. The fourth-order valence-corrected chi connectivity index (χ4v) is 2.35. The summed E-state index contributed by atoms with van der Waals surface area (Å²) in [7, 11) is 0. The topological polar surface area (TPSA) is 61.7 Å². The van der Waals surface area contributed by atoms with Crippen LogP contribution in [0.25, 0.3) is 11.3 Å². The van der Waals surface area contributed by atoms with Crippen molar-refractivity contribution in [3.63, 3.8) is 0 Å². The lowest BCUT2D eigenvalue weighted by Crippen LogP contribution is -2.46. The second-order valence-corrected chi connectivity index (χ2v) is 5.06. The highest BCUT2D eigenvalue weighted by Crippen LogP contribution is 2.33. The lowest BCUT2D eigenvalue weighted by atomic mass is 9.87. The van der Waals surface area contributed by atoms with Gasteiger partial charge in [0.05, 0.1) is 25.0 Å². The molecular formula is C15H15N3O. The molecule has 0 aliphatic carbocycles. The molecule has 0 unspecified atom stereocenters. The van der Waals surface area contributed by atoms with Gasteiger partial charge >= 0.3 is 0 Å². The zero-order valence-corrected chi connectivity index (χ0v) is 11.0. The van der Waals surface area contributed by atoms with Gasteiger partial charge in [-0.05, 0) is 19.4 Å². The van der Waals surface area contributed by atoms with Crippen LogP contribution in [0.15, 0.2) is 24.3 Å². The molecule has 1 aliphatic heterocycles. The summed E-state index contributed by atoms with van der Waals surface area (Å²) in [5.41, 5.74) is 3.61. The zero-order chi connectivity index (χ0) is 13.5. The van der Waals surface area contributed by atoms with Gasteiger partial charge in [-0.2, -0.15) is 5.26 Å². The lowest BCUT2D eigenvalue weighted by molar-refractivity contribution is -0.0335. The summed E-state index contributed by atoms with van der Waals surface area (Å²) in [6.07, 6.45) is 0. The number of nitrogens with zero attached hydrogens (tertiary/aromatic N) is 2. The first-order chi connectivity index (χ1) is 9.16. The molecule has 1 aliphatic rings. The van der Waals surface area contributed by atoms with Crippen molar-refractivity contribution in [3.8, 4) is 17.3 Å². The maximum atomic E-state index is 9.33. The number of aromatic nitrogens is 2. The van der Waals surface area contributed by atoms with E-state index in [2.05, 4.69) is 35.1 Å². The van der Waals surface area contributed by atoms with Crippen LogP contribution in [0, 0.1) is 25.2 Å². The number of nitriles is 1. The van der Waals surface area contributed by atoms with Gasteiger partial charge < -0.3 is 9.72 Å². The molecular weight excluding hydrogens is 238 g/mol. The monoisotopic (exact) mass is 253 g/mol. The maximum Gasteiger partial charge on any atom is 0.161 e. The van der Waals surface area contributed by atoms with E-state index in [1.165, 1.54) is 5.56 Å². The molecule has 1 saturated heterocycles. The molecule has 0 spiro atoms. The summed E-state index contributed by atoms with van der Waals surface area (Å²) in [5.74, 6) is 0.719. The van der Waals surface area contributed by atoms with Gasteiger partial charge in [0.15, 0.2) is 5.41 Å². The third-order valence-electron chi connectivity index (χ3n) is 3.65. The van der Waals surface area contributed by atoms with Crippen molar-refractivity contribution in [3.05, 3.63) is 41.3 Å². The van der Waals surface area contributed by atoms with Crippen LogP contribution in [0.1, 0.15) is 17.1 Å². The number of aryl methyl sites for hydroxylation is 2. The van der Waals surface area contributed by atoms with Crippen molar-refractivity contribution in [1.29, 1.82) is 5.26 Å². The van der Waals surface area contributed by atoms with Crippen molar-refractivity contribution in [2.24, 2.45) is 0 Å². The Balaban J connectivity index is 2.08. The molecule has 19 heavy (non-hydrogen) atoms. The number of H-pyrrole nitrogens is 1. The summed E-state index contributed by atoms with van der Waals surface area (Å²) in [4.78, 5) is 7.90. The van der Waals surface area contributed by atoms with Gasteiger partial charge in [-0.3, -0.25) is 0 Å². The number of imidazole rings is 1. The van der Waals surface area contributed by atoms with Crippen LogP contribution >= 0.6 is 0 Å². The highest BCUT2D eigenvalue weighted by atomic mass is 16.5. The van der Waals surface area contributed by atoms with Gasteiger partial charge in [-0.25, -0.2) is 4.98 Å². The predicted molar refractivity (Wildman–Crippen MR) is 71.6 cm³/mol. The van der Waals surface area contributed by atoms with Crippen molar-refractivity contribution in [2.45, 2.75) is 19.3 Å². The maximum absolute atomic E-state index is 9.33. The Morgan fingerprint density at radius 2 is 2.05 bits per heavy atom. The largest absolute Gasteiger partial charge is 0.377 e. The summed E-state index contributed by atoms with van der Waals surface area (Å²) in [6, 6.07) is 10.5. The number of hydrogen-bond donors (Lipinski definition) is 1. The highest BCUT2D eigenvalue weighted by molar-refractivity contribution is 5.66. The van der Waals surface area contributed by atoms with Gasteiger partial charge in [-0.1, -0.05) is 24.3 Å². The second kappa shape index (κ2) is 4.22. The molecule has 0 bridgehead atoms. The number of hydrogen-bond acceptors (Lipinski definition) is 3. The van der Waals surface area contributed by atoms with E-state index in [9.17, 15) is 5.26 Å². The third-order valence-corrected chi connectivity index (χ3v) is 3.65. The molecule has 3 rings (SSSR count). The smallest absolute Gasteiger partial charge is 0.161 e. The summed E-state index contributed by atoms with van der Waals surface area (Å²) < 4.78 is 5.18. The fourth-order valence-electron chi connectivity index (χ4n) is 2.35. The predicted octanol–water partition coefficient (Wildman–Crippen LogP) is 2.49. The standard InChI is InChI=1S/C15H15N3O/c1-10-5-3-4-6-12(10)13-11(2)17-14(18-13)15(7-16)8-19-9-15/h3-6H,8-9H2,1-2H3,(H,17,18). The molecule has 0 amide bonds. The van der Waals surface area contributed by atoms with E-state index in [1.807, 2.05) is 19.1 Å². The van der Waals surface area contributed by atoms with Crippen LogP contribution in [0.5, 0.6) is 0 Å². The van der Waals surface area contributed by atoms with Crippen molar-refractivity contribution < 1.29 is 4.74 Å². The molecule has 0 atom stereocenters. The quantitative estimate of drug-likeness (QED) is 0.894. The average Bonchev–Trinajstić information content (AvgIpc) is 2.72. The number of ether oxygens (including phenoxy) is 1. The fraction of sp³-hybridized carbons (Fsp3) is 0.333. The molecule has 4 nitrogen and oxygen atoms in total. The number of nitrogens with one attached hydrogen (secondary N) is 1. The Kier molecular flexibility index (Phi) is 2.65.